The number of carbonyl (C=O) groups excluding carboxylic acids is 1. The molecule has 7 heteroatoms. The molecule has 1 rings (SSSR count). The first-order valence-electron chi connectivity index (χ1n) is 4.22. The predicted octanol–water partition coefficient (Wildman–Crippen LogP) is 2.52. The van der Waals surface area contributed by atoms with Crippen molar-refractivity contribution < 1.29 is 19.5 Å². The number of rotatable bonds is 3. The average molecular weight is 290 g/mol. The maximum atomic E-state index is 10.6. The van der Waals surface area contributed by atoms with Crippen LogP contribution in [0.4, 0.5) is 5.69 Å². The van der Waals surface area contributed by atoms with Gasteiger partial charge < -0.3 is 0 Å². The molecule has 0 heterocycles. The van der Waals surface area contributed by atoms with Gasteiger partial charge in [-0.25, -0.2) is 4.79 Å². The van der Waals surface area contributed by atoms with Gasteiger partial charge in [0.2, 0.25) is 0 Å². The molecule has 0 N–H and O–H groups in total. The van der Waals surface area contributed by atoms with Gasteiger partial charge >= 0.3 is 5.97 Å². The highest BCUT2D eigenvalue weighted by Gasteiger charge is 2.17. The Morgan fingerprint density at radius 1 is 1.50 bits per heavy atom. The Kier molecular flexibility index (Phi) is 3.83. The molecular weight excluding hydrogens is 282 g/mol. The zero-order valence-electron chi connectivity index (χ0n) is 8.52. The van der Waals surface area contributed by atoms with Gasteiger partial charge in [0.05, 0.1) is 9.40 Å². The van der Waals surface area contributed by atoms with Gasteiger partial charge in [-0.2, -0.15) is 0 Å². The standard InChI is InChI=1S/C9H8BrNO5/c1-5-7(11(13)14)3-4-8(9(5)10)16-15-6(2)12/h3-4H,1-2H3. The van der Waals surface area contributed by atoms with E-state index in [1.165, 1.54) is 19.1 Å². The molecule has 1 aromatic rings. The Hall–Kier alpha value is -1.63. The number of hydrogen-bond donors (Lipinski definition) is 0. The molecule has 0 aromatic heterocycles. The summed E-state index contributed by atoms with van der Waals surface area (Å²) in [4.78, 5) is 29.6. The molecule has 0 aliphatic rings. The molecule has 86 valence electrons. The normalized spacial score (nSPS) is 9.69. The minimum Gasteiger partial charge on any atom is -0.286 e. The molecule has 0 spiro atoms. The highest BCUT2D eigenvalue weighted by molar-refractivity contribution is 9.10. The lowest BCUT2D eigenvalue weighted by Crippen LogP contribution is -2.04. The SMILES string of the molecule is CC(=O)OOc1ccc([N+](=O)[O-])c(C)c1Br. The highest BCUT2D eigenvalue weighted by Crippen LogP contribution is 2.34. The minimum atomic E-state index is -0.608. The molecule has 6 nitrogen and oxygen atoms in total. The second kappa shape index (κ2) is 4.93. The van der Waals surface area contributed by atoms with Crippen LogP contribution < -0.4 is 4.89 Å². The van der Waals surface area contributed by atoms with Gasteiger partial charge in [0.25, 0.3) is 5.69 Å². The smallest absolute Gasteiger partial charge is 0.286 e. The summed E-state index contributed by atoms with van der Waals surface area (Å²) in [7, 11) is 0. The molecule has 0 saturated heterocycles. The lowest BCUT2D eigenvalue weighted by molar-refractivity contribution is -0.385. The topological polar surface area (TPSA) is 78.7 Å². The van der Waals surface area contributed by atoms with Gasteiger partial charge in [0.15, 0.2) is 5.75 Å². The van der Waals surface area contributed by atoms with Crippen LogP contribution >= 0.6 is 15.9 Å². The van der Waals surface area contributed by atoms with Gasteiger partial charge in [-0.1, -0.05) is 0 Å². The maximum absolute atomic E-state index is 10.6. The van der Waals surface area contributed by atoms with Crippen LogP contribution in [0.1, 0.15) is 12.5 Å². The third kappa shape index (κ3) is 2.69. The fourth-order valence-electron chi connectivity index (χ4n) is 1.02. The van der Waals surface area contributed by atoms with Gasteiger partial charge in [0.1, 0.15) is 0 Å². The second-order valence-corrected chi connectivity index (χ2v) is 3.73. The first kappa shape index (κ1) is 12.4. The molecule has 0 unspecified atom stereocenters. The van der Waals surface area contributed by atoms with Gasteiger partial charge in [-0.15, -0.1) is 0 Å². The van der Waals surface area contributed by atoms with Crippen LogP contribution in [0.25, 0.3) is 0 Å². The third-order valence-corrected chi connectivity index (χ3v) is 2.75. The van der Waals surface area contributed by atoms with E-state index in [9.17, 15) is 14.9 Å². The lowest BCUT2D eigenvalue weighted by atomic mass is 10.2. The average Bonchev–Trinajstić information content (AvgIpc) is 2.19. The Morgan fingerprint density at radius 2 is 2.12 bits per heavy atom. The number of hydrogen-bond acceptors (Lipinski definition) is 5. The number of halogens is 1. The van der Waals surface area contributed by atoms with E-state index in [0.29, 0.717) is 10.0 Å². The number of nitro benzene ring substituents is 1. The van der Waals surface area contributed by atoms with Gasteiger partial charge in [0, 0.05) is 18.6 Å². The van der Waals surface area contributed by atoms with Crippen molar-refractivity contribution in [3.05, 3.63) is 32.3 Å². The van der Waals surface area contributed by atoms with Crippen molar-refractivity contribution in [3.63, 3.8) is 0 Å². The molecule has 0 amide bonds. The summed E-state index contributed by atoms with van der Waals surface area (Å²) < 4.78 is 0.378. The molecule has 0 fully saturated rings. The van der Waals surface area contributed by atoms with Crippen molar-refractivity contribution >= 4 is 27.6 Å². The Morgan fingerprint density at radius 3 is 2.62 bits per heavy atom. The van der Waals surface area contributed by atoms with Crippen LogP contribution in [-0.2, 0) is 9.68 Å². The summed E-state index contributed by atoms with van der Waals surface area (Å²) in [5.74, 6) is -0.402. The van der Waals surface area contributed by atoms with Crippen LogP contribution in [0.5, 0.6) is 5.75 Å². The van der Waals surface area contributed by atoms with E-state index in [0.717, 1.165) is 0 Å². The molecule has 16 heavy (non-hydrogen) atoms. The third-order valence-electron chi connectivity index (χ3n) is 1.77. The van der Waals surface area contributed by atoms with Crippen LogP contribution in [0.2, 0.25) is 0 Å². The summed E-state index contributed by atoms with van der Waals surface area (Å²) in [6, 6.07) is 2.62. The lowest BCUT2D eigenvalue weighted by Gasteiger charge is -2.06. The van der Waals surface area contributed by atoms with Crippen LogP contribution in [0.15, 0.2) is 16.6 Å². The van der Waals surface area contributed by atoms with E-state index in [-0.39, 0.29) is 11.4 Å². The maximum Gasteiger partial charge on any atom is 0.352 e. The quantitative estimate of drug-likeness (QED) is 0.485. The molecule has 1 aromatic carbocycles. The number of nitrogens with zero attached hydrogens (tertiary/aromatic N) is 1. The molecular formula is C9H8BrNO5. The van der Waals surface area contributed by atoms with Crippen molar-refractivity contribution in [2.24, 2.45) is 0 Å². The van der Waals surface area contributed by atoms with Gasteiger partial charge in [-0.05, 0) is 28.9 Å². The Labute approximate surface area is 99.4 Å². The summed E-state index contributed by atoms with van der Waals surface area (Å²) in [5.41, 5.74) is 0.358. The zero-order valence-corrected chi connectivity index (χ0v) is 10.1. The molecule has 0 bridgehead atoms. The van der Waals surface area contributed by atoms with Crippen LogP contribution in [0.3, 0.4) is 0 Å². The second-order valence-electron chi connectivity index (χ2n) is 2.94. The Balaban J connectivity index is 3.02. The van der Waals surface area contributed by atoms with E-state index in [1.807, 2.05) is 0 Å². The van der Waals surface area contributed by atoms with Crippen molar-refractivity contribution in [2.45, 2.75) is 13.8 Å². The van der Waals surface area contributed by atoms with Crippen LogP contribution in [-0.4, -0.2) is 10.9 Å². The number of nitro groups is 1. The molecule has 0 atom stereocenters. The van der Waals surface area contributed by atoms with Crippen molar-refractivity contribution in [2.75, 3.05) is 0 Å². The summed E-state index contributed by atoms with van der Waals surface area (Å²) in [5, 5.41) is 10.6. The number of carbonyl (C=O) groups is 1. The molecule has 0 aliphatic heterocycles. The summed E-state index contributed by atoms with van der Waals surface area (Å²) >= 11 is 3.13. The van der Waals surface area contributed by atoms with E-state index in [4.69, 9.17) is 4.89 Å². The summed E-state index contributed by atoms with van der Waals surface area (Å²) in [6.07, 6.45) is 0. The van der Waals surface area contributed by atoms with Crippen molar-refractivity contribution in [1.82, 2.24) is 0 Å². The fraction of sp³-hybridized carbons (Fsp3) is 0.222. The predicted molar refractivity (Wildman–Crippen MR) is 57.9 cm³/mol. The first-order chi connectivity index (χ1) is 7.43. The van der Waals surface area contributed by atoms with Crippen LogP contribution in [0, 0.1) is 17.0 Å². The zero-order chi connectivity index (χ0) is 12.3. The molecule has 0 saturated carbocycles. The fourth-order valence-corrected chi connectivity index (χ4v) is 1.42. The monoisotopic (exact) mass is 289 g/mol. The molecule has 0 radical (unpaired) electrons. The van der Waals surface area contributed by atoms with Crippen molar-refractivity contribution in [1.29, 1.82) is 0 Å². The highest BCUT2D eigenvalue weighted by atomic mass is 79.9. The minimum absolute atomic E-state index is 0.0398. The van der Waals surface area contributed by atoms with E-state index in [1.54, 1.807) is 6.92 Å². The van der Waals surface area contributed by atoms with E-state index in [2.05, 4.69) is 20.8 Å². The van der Waals surface area contributed by atoms with E-state index >= 15 is 0 Å². The van der Waals surface area contributed by atoms with E-state index < -0.39 is 10.9 Å². The largest absolute Gasteiger partial charge is 0.352 e. The van der Waals surface area contributed by atoms with Gasteiger partial charge in [-0.3, -0.25) is 19.9 Å². The summed E-state index contributed by atoms with van der Waals surface area (Å²) in [6.45, 7) is 2.75. The molecule has 0 aliphatic carbocycles. The Bertz CT molecular complexity index is 446. The number of benzene rings is 1. The van der Waals surface area contributed by atoms with Crippen molar-refractivity contribution in [3.8, 4) is 5.75 Å². The first-order valence-corrected chi connectivity index (χ1v) is 5.01.